The van der Waals surface area contributed by atoms with E-state index in [-0.39, 0.29) is 5.38 Å². The largest absolute Gasteiger partial charge is 0.298 e. The Hall–Kier alpha value is -0.300. The van der Waals surface area contributed by atoms with Crippen LogP contribution in [0.4, 0.5) is 0 Å². The van der Waals surface area contributed by atoms with Gasteiger partial charge in [-0.1, -0.05) is 6.92 Å². The first-order chi connectivity index (χ1) is 6.67. The summed E-state index contributed by atoms with van der Waals surface area (Å²) >= 11 is 5.80. The Labute approximate surface area is 91.2 Å². The van der Waals surface area contributed by atoms with Gasteiger partial charge in [0.2, 0.25) is 0 Å². The molecule has 1 fully saturated rings. The Morgan fingerprint density at radius 1 is 1.57 bits per heavy atom. The van der Waals surface area contributed by atoms with Gasteiger partial charge >= 0.3 is 0 Å². The number of nitriles is 1. The molecule has 0 bridgehead atoms. The van der Waals surface area contributed by atoms with Crippen molar-refractivity contribution in [1.29, 1.82) is 5.26 Å². The first kappa shape index (κ1) is 11.8. The van der Waals surface area contributed by atoms with Crippen LogP contribution in [-0.2, 0) is 0 Å². The Morgan fingerprint density at radius 3 is 2.79 bits per heavy atom. The minimum atomic E-state index is -0.365. The maximum absolute atomic E-state index is 8.61. The third kappa shape index (κ3) is 3.13. The third-order valence-electron chi connectivity index (χ3n) is 2.81. The molecule has 1 heterocycles. The summed E-state index contributed by atoms with van der Waals surface area (Å²) in [5.74, 6) is 0. The van der Waals surface area contributed by atoms with Crippen molar-refractivity contribution in [2.24, 2.45) is 0 Å². The number of hydrogen-bond acceptors (Lipinski definition) is 3. The Bertz CT molecular complexity index is 214. The molecular formula is C10H18ClN3. The van der Waals surface area contributed by atoms with Crippen LogP contribution >= 0.6 is 11.6 Å². The fourth-order valence-electron chi connectivity index (χ4n) is 1.97. The summed E-state index contributed by atoms with van der Waals surface area (Å²) < 4.78 is 0. The quantitative estimate of drug-likeness (QED) is 0.662. The van der Waals surface area contributed by atoms with Crippen LogP contribution in [0.5, 0.6) is 0 Å². The van der Waals surface area contributed by atoms with E-state index in [0.717, 1.165) is 26.2 Å². The summed E-state index contributed by atoms with van der Waals surface area (Å²) in [6.07, 6.45) is 0. The number of halogens is 1. The van der Waals surface area contributed by atoms with E-state index < -0.39 is 0 Å². The Kier molecular flexibility index (Phi) is 4.67. The van der Waals surface area contributed by atoms with Gasteiger partial charge in [-0.15, -0.1) is 11.6 Å². The first-order valence-electron chi connectivity index (χ1n) is 5.17. The zero-order chi connectivity index (χ0) is 10.6. The monoisotopic (exact) mass is 215 g/mol. The van der Waals surface area contributed by atoms with Gasteiger partial charge in [0.1, 0.15) is 5.38 Å². The van der Waals surface area contributed by atoms with Gasteiger partial charge in [0, 0.05) is 32.2 Å². The first-order valence-corrected chi connectivity index (χ1v) is 5.61. The number of alkyl halides is 1. The number of hydrogen-bond donors (Lipinski definition) is 0. The minimum absolute atomic E-state index is 0.365. The number of likely N-dealkylation sites (N-methyl/N-ethyl adjacent to an activating group) is 1. The van der Waals surface area contributed by atoms with Crippen LogP contribution in [0.25, 0.3) is 0 Å². The van der Waals surface area contributed by atoms with Gasteiger partial charge in [-0.25, -0.2) is 0 Å². The summed E-state index contributed by atoms with van der Waals surface area (Å²) in [5, 5.41) is 8.25. The van der Waals surface area contributed by atoms with Crippen molar-refractivity contribution in [3.63, 3.8) is 0 Å². The molecule has 0 aromatic rings. The van der Waals surface area contributed by atoms with Gasteiger partial charge in [0.05, 0.1) is 6.07 Å². The highest BCUT2D eigenvalue weighted by Crippen LogP contribution is 2.10. The standard InChI is InChI=1S/C10H18ClN3/c1-3-14-5-4-13(7-9(14)2)8-10(11)6-12/h9-10H,3-5,7-8H2,1-2H3. The van der Waals surface area contributed by atoms with Gasteiger partial charge in [-0.3, -0.25) is 9.80 Å². The molecule has 1 saturated heterocycles. The molecule has 0 aromatic heterocycles. The number of piperazine rings is 1. The van der Waals surface area contributed by atoms with Gasteiger partial charge in [-0.05, 0) is 13.5 Å². The van der Waals surface area contributed by atoms with E-state index in [4.69, 9.17) is 16.9 Å². The summed E-state index contributed by atoms with van der Waals surface area (Å²) in [5.41, 5.74) is 0. The average Bonchev–Trinajstić information content (AvgIpc) is 2.18. The molecule has 14 heavy (non-hydrogen) atoms. The molecule has 0 amide bonds. The fraction of sp³-hybridized carbons (Fsp3) is 0.900. The Morgan fingerprint density at radius 2 is 2.29 bits per heavy atom. The molecule has 0 aromatic carbocycles. The molecule has 4 heteroatoms. The zero-order valence-corrected chi connectivity index (χ0v) is 9.67. The summed E-state index contributed by atoms with van der Waals surface area (Å²) in [4.78, 5) is 4.73. The minimum Gasteiger partial charge on any atom is -0.298 e. The third-order valence-corrected chi connectivity index (χ3v) is 3.05. The van der Waals surface area contributed by atoms with Crippen LogP contribution < -0.4 is 0 Å². The van der Waals surface area contributed by atoms with Crippen LogP contribution in [0.1, 0.15) is 13.8 Å². The highest BCUT2D eigenvalue weighted by atomic mass is 35.5. The van der Waals surface area contributed by atoms with Crippen LogP contribution in [0.2, 0.25) is 0 Å². The van der Waals surface area contributed by atoms with E-state index in [1.54, 1.807) is 0 Å². The molecule has 0 spiro atoms. The van der Waals surface area contributed by atoms with Crippen molar-refractivity contribution in [2.75, 3.05) is 32.7 Å². The molecule has 1 rings (SSSR count). The van der Waals surface area contributed by atoms with E-state index >= 15 is 0 Å². The van der Waals surface area contributed by atoms with Gasteiger partial charge in [0.25, 0.3) is 0 Å². The molecule has 3 nitrogen and oxygen atoms in total. The van der Waals surface area contributed by atoms with Crippen molar-refractivity contribution in [3.05, 3.63) is 0 Å². The smallest absolute Gasteiger partial charge is 0.133 e. The van der Waals surface area contributed by atoms with Crippen molar-refractivity contribution in [1.82, 2.24) is 9.80 Å². The topological polar surface area (TPSA) is 30.3 Å². The lowest BCUT2D eigenvalue weighted by Gasteiger charge is -2.39. The SMILES string of the molecule is CCN1CCN(CC(Cl)C#N)CC1C. The normalized spacial score (nSPS) is 27.1. The zero-order valence-electron chi connectivity index (χ0n) is 8.91. The van der Waals surface area contributed by atoms with E-state index in [2.05, 4.69) is 29.7 Å². The lowest BCUT2D eigenvalue weighted by atomic mass is 10.2. The van der Waals surface area contributed by atoms with E-state index in [1.807, 2.05) is 0 Å². The van der Waals surface area contributed by atoms with E-state index in [1.165, 1.54) is 0 Å². The van der Waals surface area contributed by atoms with Gasteiger partial charge < -0.3 is 0 Å². The maximum Gasteiger partial charge on any atom is 0.133 e. The maximum atomic E-state index is 8.61. The molecule has 1 aliphatic heterocycles. The molecule has 0 N–H and O–H groups in total. The lowest BCUT2D eigenvalue weighted by molar-refractivity contribution is 0.0902. The summed E-state index contributed by atoms with van der Waals surface area (Å²) in [6, 6.07) is 2.64. The molecular weight excluding hydrogens is 198 g/mol. The number of rotatable bonds is 3. The second kappa shape index (κ2) is 5.55. The molecule has 1 aliphatic rings. The predicted molar refractivity (Wildman–Crippen MR) is 58.4 cm³/mol. The van der Waals surface area contributed by atoms with Crippen molar-refractivity contribution >= 4 is 11.6 Å². The summed E-state index contributed by atoms with van der Waals surface area (Å²) in [7, 11) is 0. The van der Waals surface area contributed by atoms with Crippen molar-refractivity contribution in [3.8, 4) is 6.07 Å². The molecule has 0 aliphatic carbocycles. The molecule has 80 valence electrons. The van der Waals surface area contributed by atoms with Crippen LogP contribution in [0.15, 0.2) is 0 Å². The highest BCUT2D eigenvalue weighted by molar-refractivity contribution is 6.22. The second-order valence-electron chi connectivity index (χ2n) is 3.83. The number of nitrogens with zero attached hydrogens (tertiary/aromatic N) is 3. The fourth-order valence-corrected chi connectivity index (χ4v) is 2.17. The van der Waals surface area contributed by atoms with Gasteiger partial charge in [-0.2, -0.15) is 5.26 Å². The van der Waals surface area contributed by atoms with Crippen LogP contribution in [0.3, 0.4) is 0 Å². The van der Waals surface area contributed by atoms with Crippen LogP contribution in [0, 0.1) is 11.3 Å². The van der Waals surface area contributed by atoms with Crippen molar-refractivity contribution in [2.45, 2.75) is 25.3 Å². The predicted octanol–water partition coefficient (Wildman–Crippen LogP) is 1.14. The van der Waals surface area contributed by atoms with Crippen molar-refractivity contribution < 1.29 is 0 Å². The molecule has 0 saturated carbocycles. The lowest BCUT2D eigenvalue weighted by Crippen LogP contribution is -2.52. The average molecular weight is 216 g/mol. The summed E-state index contributed by atoms with van der Waals surface area (Å²) in [6.45, 7) is 9.36. The van der Waals surface area contributed by atoms with Crippen LogP contribution in [-0.4, -0.2) is 53.9 Å². The van der Waals surface area contributed by atoms with Gasteiger partial charge in [0.15, 0.2) is 0 Å². The van der Waals surface area contributed by atoms with E-state index in [9.17, 15) is 0 Å². The Balaban J connectivity index is 2.36. The van der Waals surface area contributed by atoms with E-state index in [0.29, 0.717) is 12.6 Å². The molecule has 0 radical (unpaired) electrons. The highest BCUT2D eigenvalue weighted by Gasteiger charge is 2.23. The molecule has 2 atom stereocenters. The second-order valence-corrected chi connectivity index (χ2v) is 4.36. The molecule has 2 unspecified atom stereocenters.